The molecule has 4 unspecified atom stereocenters. The van der Waals surface area contributed by atoms with Gasteiger partial charge in [-0.1, -0.05) is 36.5 Å². The van der Waals surface area contributed by atoms with E-state index < -0.39 is 0 Å². The third-order valence-electron chi connectivity index (χ3n) is 9.47. The van der Waals surface area contributed by atoms with E-state index in [4.69, 9.17) is 0 Å². The summed E-state index contributed by atoms with van der Waals surface area (Å²) in [6, 6.07) is 7.17. The molecule has 2 heterocycles. The van der Waals surface area contributed by atoms with E-state index in [0.29, 0.717) is 11.4 Å². The van der Waals surface area contributed by atoms with Crippen molar-refractivity contribution in [1.29, 1.82) is 0 Å². The molecule has 4 atom stereocenters. The van der Waals surface area contributed by atoms with Gasteiger partial charge >= 0.3 is 0 Å². The quantitative estimate of drug-likeness (QED) is 0.258. The third-order valence-corrected chi connectivity index (χ3v) is 9.47. The molecular weight excluding hydrogens is 476 g/mol. The second-order valence-electron chi connectivity index (χ2n) is 11.4. The van der Waals surface area contributed by atoms with E-state index in [9.17, 15) is 20.4 Å². The molecular formula is C32H32N2O4. The number of aromatic hydroxyl groups is 4. The zero-order chi connectivity index (χ0) is 26.4. The van der Waals surface area contributed by atoms with Crippen LogP contribution in [0.15, 0.2) is 73.9 Å². The maximum absolute atomic E-state index is 11.3. The van der Waals surface area contributed by atoms with Crippen molar-refractivity contribution >= 4 is 0 Å². The van der Waals surface area contributed by atoms with Crippen molar-refractivity contribution in [2.24, 2.45) is 0 Å². The lowest BCUT2D eigenvalue weighted by Crippen LogP contribution is -2.18. The molecule has 6 heteroatoms. The van der Waals surface area contributed by atoms with Gasteiger partial charge < -0.3 is 20.4 Å². The van der Waals surface area contributed by atoms with E-state index in [-0.39, 0.29) is 46.2 Å². The highest BCUT2D eigenvalue weighted by atomic mass is 16.3. The summed E-state index contributed by atoms with van der Waals surface area (Å²) in [5.41, 5.74) is 3.92. The fourth-order valence-electron chi connectivity index (χ4n) is 7.82. The van der Waals surface area contributed by atoms with Gasteiger partial charge in [0, 0.05) is 44.9 Å². The van der Waals surface area contributed by atoms with Crippen molar-refractivity contribution in [3.8, 4) is 34.9 Å². The van der Waals surface area contributed by atoms with Gasteiger partial charge in [0.25, 0.3) is 0 Å². The highest BCUT2D eigenvalue weighted by molar-refractivity contribution is 5.67. The van der Waals surface area contributed by atoms with Gasteiger partial charge in [0.15, 0.2) is 0 Å². The second kappa shape index (κ2) is 7.73. The van der Waals surface area contributed by atoms with Gasteiger partial charge in [-0.2, -0.15) is 0 Å². The van der Waals surface area contributed by atoms with Gasteiger partial charge in [0.05, 0.1) is 11.4 Å². The molecule has 194 valence electrons. The number of nitrogens with zero attached hydrogens (tertiary/aromatic N) is 2. The van der Waals surface area contributed by atoms with Gasteiger partial charge in [-0.05, 0) is 62.8 Å². The van der Waals surface area contributed by atoms with Crippen molar-refractivity contribution < 1.29 is 20.4 Å². The van der Waals surface area contributed by atoms with E-state index >= 15 is 0 Å². The third kappa shape index (κ3) is 2.72. The molecule has 0 radical (unpaired) electrons. The minimum absolute atomic E-state index is 0.0672. The Morgan fingerprint density at radius 3 is 1.45 bits per heavy atom. The van der Waals surface area contributed by atoms with Gasteiger partial charge in [-0.15, -0.1) is 13.2 Å². The van der Waals surface area contributed by atoms with Crippen LogP contribution >= 0.6 is 0 Å². The maximum atomic E-state index is 11.3. The van der Waals surface area contributed by atoms with Crippen molar-refractivity contribution in [3.05, 3.63) is 96.1 Å². The Hall–Kier alpha value is -4.06. The van der Waals surface area contributed by atoms with Crippen LogP contribution in [0.5, 0.6) is 23.5 Å². The van der Waals surface area contributed by atoms with Gasteiger partial charge in [0.2, 0.25) is 23.5 Å². The Labute approximate surface area is 221 Å². The smallest absolute Gasteiger partial charge is 0.203 e. The molecule has 4 aliphatic rings. The maximum Gasteiger partial charge on any atom is 0.203 e. The summed E-state index contributed by atoms with van der Waals surface area (Å²) < 4.78 is 3.00. The van der Waals surface area contributed by atoms with Crippen molar-refractivity contribution in [3.63, 3.8) is 0 Å². The van der Waals surface area contributed by atoms with Crippen molar-refractivity contribution in [2.45, 2.75) is 61.2 Å². The van der Waals surface area contributed by atoms with E-state index in [2.05, 4.69) is 37.5 Å². The predicted octanol–water partition coefficient (Wildman–Crippen LogP) is 6.61. The first kappa shape index (κ1) is 23.1. The van der Waals surface area contributed by atoms with E-state index in [1.165, 1.54) is 9.13 Å². The summed E-state index contributed by atoms with van der Waals surface area (Å²) >= 11 is 0. The van der Waals surface area contributed by atoms with Crippen LogP contribution in [-0.2, 0) is 10.8 Å². The van der Waals surface area contributed by atoms with Crippen LogP contribution in [0.3, 0.4) is 0 Å². The molecule has 0 fully saturated rings. The zero-order valence-corrected chi connectivity index (χ0v) is 21.3. The first-order chi connectivity index (χ1) is 18.4. The molecule has 0 amide bonds. The van der Waals surface area contributed by atoms with Crippen LogP contribution < -0.4 is 0 Å². The fourth-order valence-corrected chi connectivity index (χ4v) is 7.82. The summed E-state index contributed by atoms with van der Waals surface area (Å²) in [6.07, 6.45) is 17.5. The summed E-state index contributed by atoms with van der Waals surface area (Å²) in [5, 5.41) is 45.1. The SMILES string of the molecule is C=CCCC12C=CC(C1)c1c2c(O)n(-c2ccc(-n3c(O)c4c(c3O)C3(CCC=C)C=CC4C3)cc2)c1O. The summed E-state index contributed by atoms with van der Waals surface area (Å²) in [6.45, 7) is 7.71. The molecule has 2 aromatic heterocycles. The van der Waals surface area contributed by atoms with Crippen LogP contribution in [0.1, 0.15) is 72.6 Å². The fraction of sp³-hybridized carbons (Fsp3) is 0.312. The average molecular weight is 509 g/mol. The Morgan fingerprint density at radius 2 is 1.08 bits per heavy atom. The number of hydrogen-bond donors (Lipinski definition) is 4. The van der Waals surface area contributed by atoms with Crippen LogP contribution in [0.4, 0.5) is 0 Å². The molecule has 0 spiro atoms. The molecule has 7 rings (SSSR count). The Bertz CT molecular complexity index is 1450. The molecule has 4 aliphatic carbocycles. The van der Waals surface area contributed by atoms with Gasteiger partial charge in [0.1, 0.15) is 0 Å². The molecule has 0 saturated carbocycles. The first-order valence-electron chi connectivity index (χ1n) is 13.4. The summed E-state index contributed by atoms with van der Waals surface area (Å²) in [7, 11) is 0. The molecule has 0 aliphatic heterocycles. The Kier molecular flexibility index (Phi) is 4.70. The van der Waals surface area contributed by atoms with E-state index in [0.717, 1.165) is 60.8 Å². The highest BCUT2D eigenvalue weighted by Crippen LogP contribution is 2.63. The van der Waals surface area contributed by atoms with Crippen LogP contribution in [0, 0.1) is 0 Å². The minimum Gasteiger partial charge on any atom is -0.494 e. The zero-order valence-electron chi connectivity index (χ0n) is 21.3. The van der Waals surface area contributed by atoms with E-state index in [1.54, 1.807) is 24.3 Å². The number of rotatable bonds is 8. The molecule has 0 saturated heterocycles. The number of fused-ring (bicyclic) bond motifs is 10. The Morgan fingerprint density at radius 1 is 0.684 bits per heavy atom. The molecule has 6 nitrogen and oxygen atoms in total. The lowest BCUT2D eigenvalue weighted by Gasteiger charge is -2.24. The lowest BCUT2D eigenvalue weighted by molar-refractivity contribution is 0.381. The number of hydrogen-bond acceptors (Lipinski definition) is 4. The molecule has 3 aromatic rings. The number of benzene rings is 1. The Balaban J connectivity index is 1.27. The van der Waals surface area contributed by atoms with Crippen LogP contribution in [0.25, 0.3) is 11.4 Å². The topological polar surface area (TPSA) is 90.8 Å². The molecule has 4 N–H and O–H groups in total. The molecule has 4 bridgehead atoms. The summed E-state index contributed by atoms with van der Waals surface area (Å²) in [4.78, 5) is 0. The molecule has 38 heavy (non-hydrogen) atoms. The van der Waals surface area contributed by atoms with E-state index in [1.807, 2.05) is 12.2 Å². The molecule has 1 aromatic carbocycles. The standard InChI is InChI=1S/C32H32N2O4/c1-3-5-13-31-15-11-19(17-31)23-25(31)29(37)33(27(23)35)21-7-9-22(10-8-21)34-28(36)24-20-12-16-32(18-20,14-6-4-2)26(24)30(34)38/h3-4,7-12,15-16,19-20,35-38H,1-2,5-6,13-14,17-18H2. The lowest BCUT2D eigenvalue weighted by atomic mass is 9.79. The van der Waals surface area contributed by atoms with Crippen molar-refractivity contribution in [2.75, 3.05) is 0 Å². The number of allylic oxidation sites excluding steroid dienone is 6. The average Bonchev–Trinajstić information content (AvgIpc) is 3.74. The highest BCUT2D eigenvalue weighted by Gasteiger charge is 2.52. The first-order valence-corrected chi connectivity index (χ1v) is 13.4. The largest absolute Gasteiger partial charge is 0.494 e. The van der Waals surface area contributed by atoms with Gasteiger partial charge in [-0.3, -0.25) is 9.13 Å². The second-order valence-corrected chi connectivity index (χ2v) is 11.4. The monoisotopic (exact) mass is 508 g/mol. The normalized spacial score (nSPS) is 27.3. The number of aromatic nitrogens is 2. The van der Waals surface area contributed by atoms with Crippen LogP contribution in [-0.4, -0.2) is 29.6 Å². The van der Waals surface area contributed by atoms with Gasteiger partial charge in [-0.25, -0.2) is 0 Å². The minimum atomic E-state index is -0.279. The van der Waals surface area contributed by atoms with Crippen molar-refractivity contribution in [1.82, 2.24) is 9.13 Å². The predicted molar refractivity (Wildman–Crippen MR) is 147 cm³/mol. The van der Waals surface area contributed by atoms with Crippen LogP contribution in [0.2, 0.25) is 0 Å². The summed E-state index contributed by atoms with van der Waals surface area (Å²) in [5.74, 6) is 0.455.